The van der Waals surface area contributed by atoms with Crippen LogP contribution in [0.2, 0.25) is 0 Å². The maximum atomic E-state index is 12.8. The zero-order valence-corrected chi connectivity index (χ0v) is 24.6. The molecule has 204 valence electrons. The predicted molar refractivity (Wildman–Crippen MR) is 161 cm³/mol. The predicted octanol–water partition coefficient (Wildman–Crippen LogP) is 8.41. The lowest BCUT2D eigenvalue weighted by Crippen LogP contribution is -2.32. The number of hydrogen-bond acceptors (Lipinski definition) is 3. The molecule has 0 aliphatic carbocycles. The summed E-state index contributed by atoms with van der Waals surface area (Å²) in [6.07, 6.45) is 10.0. The van der Waals surface area contributed by atoms with Crippen molar-refractivity contribution in [3.63, 3.8) is 0 Å². The van der Waals surface area contributed by atoms with Gasteiger partial charge in [-0.25, -0.2) is 0 Å². The first kappa shape index (κ1) is 32.4. The van der Waals surface area contributed by atoms with Gasteiger partial charge in [0.05, 0.1) is 5.69 Å². The fraction of sp³-hybridized carbons (Fsp3) is 0.500. The van der Waals surface area contributed by atoms with Crippen molar-refractivity contribution in [3.8, 4) is 0 Å². The summed E-state index contributed by atoms with van der Waals surface area (Å²) in [7, 11) is 0. The van der Waals surface area contributed by atoms with Gasteiger partial charge in [-0.2, -0.15) is 0 Å². The van der Waals surface area contributed by atoms with Gasteiger partial charge in [0.2, 0.25) is 5.91 Å². The normalized spacial score (nSPS) is 13.5. The number of benzene rings is 1. The minimum atomic E-state index is 0.209. The number of rotatable bonds is 13. The number of amides is 1. The molecular formula is C32H47ClN2O2. The molecule has 0 unspecified atom stereocenters. The molecule has 2 aliphatic heterocycles. The van der Waals surface area contributed by atoms with E-state index < -0.39 is 0 Å². The van der Waals surface area contributed by atoms with Crippen molar-refractivity contribution in [1.29, 1.82) is 0 Å². The second kappa shape index (κ2) is 17.0. The molecule has 0 atom stereocenters. The van der Waals surface area contributed by atoms with E-state index in [-0.39, 0.29) is 11.7 Å². The molecule has 0 N–H and O–H groups in total. The van der Waals surface area contributed by atoms with Gasteiger partial charge in [-0.1, -0.05) is 77.6 Å². The Morgan fingerprint density at radius 1 is 1.00 bits per heavy atom. The number of ketones is 1. The first-order valence-electron chi connectivity index (χ1n) is 13.9. The van der Waals surface area contributed by atoms with Crippen LogP contribution in [0.15, 0.2) is 60.3 Å². The highest BCUT2D eigenvalue weighted by Crippen LogP contribution is 2.37. The van der Waals surface area contributed by atoms with E-state index in [9.17, 15) is 9.59 Å². The van der Waals surface area contributed by atoms with Crippen LogP contribution in [0.4, 0.5) is 5.69 Å². The Balaban J connectivity index is 0.00000163. The summed E-state index contributed by atoms with van der Waals surface area (Å²) in [6, 6.07) is 4.04. The third-order valence-electron chi connectivity index (χ3n) is 6.56. The number of halogens is 1. The van der Waals surface area contributed by atoms with E-state index in [1.165, 1.54) is 0 Å². The van der Waals surface area contributed by atoms with Crippen molar-refractivity contribution < 1.29 is 9.59 Å². The SMILES string of the molecule is C=C/C=C(/CCN(CCCCCC(=O)c1cc2c3c(c1)CCN3C(=O)CC2)C(=C)C)C(=C)Cl.CC.CC. The molecule has 0 aromatic heterocycles. The lowest BCUT2D eigenvalue weighted by molar-refractivity contribution is -0.118. The molecule has 37 heavy (non-hydrogen) atoms. The van der Waals surface area contributed by atoms with Crippen molar-refractivity contribution in [2.75, 3.05) is 24.5 Å². The molecule has 1 amide bonds. The monoisotopic (exact) mass is 526 g/mol. The number of allylic oxidation sites excluding steroid dienone is 4. The molecule has 4 nitrogen and oxygen atoms in total. The average Bonchev–Trinajstić information content (AvgIpc) is 3.34. The molecule has 0 saturated carbocycles. The summed E-state index contributed by atoms with van der Waals surface area (Å²) < 4.78 is 0. The van der Waals surface area contributed by atoms with E-state index in [0.29, 0.717) is 17.9 Å². The number of Topliss-reactive ketones (excluding diaryl/α,β-unsaturated/α-hetero) is 1. The Morgan fingerprint density at radius 2 is 1.65 bits per heavy atom. The van der Waals surface area contributed by atoms with Crippen LogP contribution in [0.5, 0.6) is 0 Å². The van der Waals surface area contributed by atoms with Crippen molar-refractivity contribution in [2.24, 2.45) is 0 Å². The maximum Gasteiger partial charge on any atom is 0.227 e. The molecule has 5 heteroatoms. The maximum absolute atomic E-state index is 12.8. The zero-order chi connectivity index (χ0) is 28.0. The van der Waals surface area contributed by atoms with Gasteiger partial charge in [-0.3, -0.25) is 9.59 Å². The molecule has 0 bridgehead atoms. The Kier molecular flexibility index (Phi) is 14.9. The van der Waals surface area contributed by atoms with Gasteiger partial charge in [-0.05, 0) is 67.9 Å². The molecule has 3 rings (SSSR count). The number of hydrogen-bond donors (Lipinski definition) is 0. The number of carbonyl (C=O) groups is 2. The minimum Gasteiger partial charge on any atom is -0.375 e. The molecule has 1 aromatic carbocycles. The third kappa shape index (κ3) is 9.34. The highest BCUT2D eigenvalue weighted by molar-refractivity contribution is 6.31. The molecule has 2 aliphatic rings. The van der Waals surface area contributed by atoms with Gasteiger partial charge in [0, 0.05) is 48.8 Å². The Bertz CT molecular complexity index is 993. The van der Waals surface area contributed by atoms with Crippen LogP contribution in [0.3, 0.4) is 0 Å². The van der Waals surface area contributed by atoms with Gasteiger partial charge in [0.25, 0.3) is 0 Å². The number of carbonyl (C=O) groups excluding carboxylic acids is 2. The number of unbranched alkanes of at least 4 members (excludes halogenated alkanes) is 2. The van der Waals surface area contributed by atoms with Crippen LogP contribution in [-0.4, -0.2) is 36.2 Å². The summed E-state index contributed by atoms with van der Waals surface area (Å²) >= 11 is 6.08. The molecule has 0 fully saturated rings. The summed E-state index contributed by atoms with van der Waals surface area (Å²) in [4.78, 5) is 29.1. The fourth-order valence-corrected chi connectivity index (χ4v) is 4.89. The standard InChI is InChI=1S/C28H35ClN2O2.2C2H6/c1-5-9-22(21(4)29)13-16-30(20(2)3)15-8-6-7-10-26(32)25-18-23-11-12-27(33)31-17-14-24(19-25)28(23)31;2*1-2/h5,9,18-19H,1-2,4,6-8,10-17H2,3H3;2*1-2H3/b22-9-;;. The second-order valence-electron chi connectivity index (χ2n) is 8.98. The Labute approximate surface area is 230 Å². The van der Waals surface area contributed by atoms with Crippen molar-refractivity contribution in [2.45, 2.75) is 86.0 Å². The van der Waals surface area contributed by atoms with Crippen LogP contribution in [0.1, 0.15) is 94.6 Å². The van der Waals surface area contributed by atoms with E-state index in [1.54, 1.807) is 6.08 Å². The molecule has 2 heterocycles. The summed E-state index contributed by atoms with van der Waals surface area (Å²) in [6.45, 7) is 24.2. The van der Waals surface area contributed by atoms with Crippen LogP contribution in [-0.2, 0) is 17.6 Å². The van der Waals surface area contributed by atoms with Crippen molar-refractivity contribution in [1.82, 2.24) is 4.90 Å². The zero-order valence-electron chi connectivity index (χ0n) is 23.8. The molecule has 0 saturated heterocycles. The molecule has 0 spiro atoms. The van der Waals surface area contributed by atoms with Crippen LogP contribution < -0.4 is 4.90 Å². The van der Waals surface area contributed by atoms with E-state index in [0.717, 1.165) is 91.8 Å². The quantitative estimate of drug-likeness (QED) is 0.147. The Morgan fingerprint density at radius 3 is 2.24 bits per heavy atom. The average molecular weight is 527 g/mol. The molecular weight excluding hydrogens is 480 g/mol. The number of nitrogens with zero attached hydrogens (tertiary/aromatic N) is 2. The number of aryl methyl sites for hydroxylation is 1. The van der Waals surface area contributed by atoms with E-state index >= 15 is 0 Å². The van der Waals surface area contributed by atoms with Gasteiger partial charge in [0.15, 0.2) is 5.78 Å². The van der Waals surface area contributed by atoms with Crippen LogP contribution >= 0.6 is 11.6 Å². The van der Waals surface area contributed by atoms with Gasteiger partial charge in [0.1, 0.15) is 0 Å². The van der Waals surface area contributed by atoms with Crippen molar-refractivity contribution in [3.05, 3.63) is 77.0 Å². The summed E-state index contributed by atoms with van der Waals surface area (Å²) in [5.74, 6) is 0.422. The van der Waals surface area contributed by atoms with E-state index in [4.69, 9.17) is 11.6 Å². The third-order valence-corrected chi connectivity index (χ3v) is 6.81. The fourth-order valence-electron chi connectivity index (χ4n) is 4.73. The van der Waals surface area contributed by atoms with Crippen LogP contribution in [0, 0.1) is 0 Å². The molecule has 1 aromatic rings. The van der Waals surface area contributed by atoms with Crippen molar-refractivity contribution >= 4 is 29.0 Å². The van der Waals surface area contributed by atoms with E-state index in [2.05, 4.69) is 24.6 Å². The Hall–Kier alpha value is -2.59. The summed E-state index contributed by atoms with van der Waals surface area (Å²) in [5, 5.41) is 0.551. The largest absolute Gasteiger partial charge is 0.375 e. The summed E-state index contributed by atoms with van der Waals surface area (Å²) in [5.41, 5.74) is 6.23. The lowest BCUT2D eigenvalue weighted by Gasteiger charge is -2.25. The minimum absolute atomic E-state index is 0.209. The smallest absolute Gasteiger partial charge is 0.227 e. The van der Waals surface area contributed by atoms with Gasteiger partial charge < -0.3 is 9.80 Å². The van der Waals surface area contributed by atoms with E-state index in [1.807, 2.05) is 57.7 Å². The second-order valence-corrected chi connectivity index (χ2v) is 9.43. The topological polar surface area (TPSA) is 40.6 Å². The van der Waals surface area contributed by atoms with Gasteiger partial charge >= 0.3 is 0 Å². The first-order valence-corrected chi connectivity index (χ1v) is 14.3. The first-order chi connectivity index (χ1) is 17.8. The molecule has 0 radical (unpaired) electrons. The lowest BCUT2D eigenvalue weighted by atomic mass is 9.94. The van der Waals surface area contributed by atoms with Gasteiger partial charge in [-0.15, -0.1) is 0 Å². The number of anilines is 1. The highest BCUT2D eigenvalue weighted by Gasteiger charge is 2.31. The van der Waals surface area contributed by atoms with Crippen LogP contribution in [0.25, 0.3) is 0 Å². The highest BCUT2D eigenvalue weighted by atomic mass is 35.5.